The van der Waals surface area contributed by atoms with Gasteiger partial charge in [0.25, 0.3) is 0 Å². The van der Waals surface area contributed by atoms with Crippen molar-refractivity contribution in [1.82, 2.24) is 15.7 Å². The minimum atomic E-state index is 0.361. The smallest absolute Gasteiger partial charge is 0.187 e. The second-order valence-corrected chi connectivity index (χ2v) is 6.59. The molecule has 0 saturated heterocycles. The Morgan fingerprint density at radius 2 is 1.82 bits per heavy atom. The standard InChI is InChI=1S/C20H19ClN4O2S/c1-26-16-5-3-13(4-6-16)11-22-20(28)25-23-12-15-9-14-10-17(27-2)7-8-18(14)24-19(15)21/h3-10,12H,11H2,1-2H3,(H2,22,25,28)/b23-12-. The lowest BCUT2D eigenvalue weighted by Crippen LogP contribution is -2.31. The number of nitrogens with one attached hydrogen (secondary N) is 2. The molecule has 3 aromatic rings. The number of hydrogen-bond acceptors (Lipinski definition) is 5. The summed E-state index contributed by atoms with van der Waals surface area (Å²) in [6.07, 6.45) is 1.58. The summed E-state index contributed by atoms with van der Waals surface area (Å²) in [7, 11) is 3.26. The van der Waals surface area contributed by atoms with E-state index in [1.165, 1.54) is 0 Å². The average molecular weight is 415 g/mol. The summed E-state index contributed by atoms with van der Waals surface area (Å²) in [6, 6.07) is 15.2. The number of benzene rings is 2. The largest absolute Gasteiger partial charge is 0.497 e. The minimum absolute atomic E-state index is 0.361. The molecule has 0 saturated carbocycles. The summed E-state index contributed by atoms with van der Waals surface area (Å²) >= 11 is 11.5. The van der Waals surface area contributed by atoms with E-state index >= 15 is 0 Å². The van der Waals surface area contributed by atoms with Crippen LogP contribution < -0.4 is 20.2 Å². The van der Waals surface area contributed by atoms with Crippen LogP contribution in [0.1, 0.15) is 11.1 Å². The molecule has 0 aliphatic heterocycles. The second-order valence-electron chi connectivity index (χ2n) is 5.83. The zero-order valence-electron chi connectivity index (χ0n) is 15.4. The normalized spacial score (nSPS) is 10.8. The lowest BCUT2D eigenvalue weighted by Gasteiger charge is -2.08. The van der Waals surface area contributed by atoms with Crippen LogP contribution in [0.5, 0.6) is 11.5 Å². The Morgan fingerprint density at radius 3 is 2.54 bits per heavy atom. The summed E-state index contributed by atoms with van der Waals surface area (Å²) in [5.74, 6) is 1.56. The number of pyridine rings is 1. The molecule has 0 amide bonds. The van der Waals surface area contributed by atoms with E-state index in [0.29, 0.717) is 22.4 Å². The van der Waals surface area contributed by atoms with Gasteiger partial charge in [-0.25, -0.2) is 4.98 Å². The van der Waals surface area contributed by atoms with Crippen LogP contribution in [-0.4, -0.2) is 30.5 Å². The van der Waals surface area contributed by atoms with Crippen molar-refractivity contribution < 1.29 is 9.47 Å². The lowest BCUT2D eigenvalue weighted by molar-refractivity contribution is 0.414. The summed E-state index contributed by atoms with van der Waals surface area (Å²) in [5, 5.41) is 8.89. The Hall–Kier alpha value is -2.90. The molecule has 3 rings (SSSR count). The first-order chi connectivity index (χ1) is 13.6. The number of fused-ring (bicyclic) bond motifs is 1. The maximum absolute atomic E-state index is 6.24. The monoisotopic (exact) mass is 414 g/mol. The Kier molecular flexibility index (Phi) is 6.62. The molecule has 2 N–H and O–H groups in total. The quantitative estimate of drug-likeness (QED) is 0.276. The number of hydrogen-bond donors (Lipinski definition) is 2. The first-order valence-corrected chi connectivity index (χ1v) is 9.22. The highest BCUT2D eigenvalue weighted by molar-refractivity contribution is 7.80. The Morgan fingerprint density at radius 1 is 1.11 bits per heavy atom. The van der Waals surface area contributed by atoms with E-state index in [9.17, 15) is 0 Å². The maximum Gasteiger partial charge on any atom is 0.187 e. The molecule has 144 valence electrons. The van der Waals surface area contributed by atoms with Gasteiger partial charge in [0.05, 0.1) is 26.0 Å². The van der Waals surface area contributed by atoms with Crippen molar-refractivity contribution in [3.8, 4) is 11.5 Å². The third-order valence-corrected chi connectivity index (χ3v) is 4.52. The first kappa shape index (κ1) is 19.9. The molecule has 0 bridgehead atoms. The number of thiocarbonyl (C=S) groups is 1. The zero-order valence-corrected chi connectivity index (χ0v) is 17.0. The molecule has 0 unspecified atom stereocenters. The molecule has 6 nitrogen and oxygen atoms in total. The van der Waals surface area contributed by atoms with Gasteiger partial charge < -0.3 is 14.8 Å². The number of halogens is 1. The van der Waals surface area contributed by atoms with E-state index in [1.54, 1.807) is 20.4 Å². The number of hydrazone groups is 1. The van der Waals surface area contributed by atoms with Crippen molar-refractivity contribution >= 4 is 46.0 Å². The summed E-state index contributed by atoms with van der Waals surface area (Å²) < 4.78 is 10.4. The van der Waals surface area contributed by atoms with Crippen molar-refractivity contribution in [1.29, 1.82) is 0 Å². The van der Waals surface area contributed by atoms with Crippen molar-refractivity contribution in [3.63, 3.8) is 0 Å². The third kappa shape index (κ3) is 5.09. The highest BCUT2D eigenvalue weighted by atomic mass is 35.5. The van der Waals surface area contributed by atoms with Crippen molar-refractivity contribution in [2.45, 2.75) is 6.54 Å². The van der Waals surface area contributed by atoms with Gasteiger partial charge in [-0.2, -0.15) is 5.10 Å². The molecule has 2 aromatic carbocycles. The van der Waals surface area contributed by atoms with Crippen LogP contribution in [-0.2, 0) is 6.54 Å². The Balaban J connectivity index is 1.59. The predicted octanol–water partition coefficient (Wildman–Crippen LogP) is 3.90. The molecular weight excluding hydrogens is 396 g/mol. The fourth-order valence-electron chi connectivity index (χ4n) is 2.49. The van der Waals surface area contributed by atoms with E-state index in [4.69, 9.17) is 33.3 Å². The van der Waals surface area contributed by atoms with E-state index in [-0.39, 0.29) is 0 Å². The number of methoxy groups -OCH3 is 2. The van der Waals surface area contributed by atoms with Crippen LogP contribution in [0, 0.1) is 0 Å². The SMILES string of the molecule is COc1ccc(CNC(=S)N/N=C\c2cc3cc(OC)ccc3nc2Cl)cc1. The van der Waals surface area contributed by atoms with Crippen LogP contribution in [0.25, 0.3) is 10.9 Å². The van der Waals surface area contributed by atoms with Gasteiger partial charge >= 0.3 is 0 Å². The van der Waals surface area contributed by atoms with Crippen LogP contribution in [0.4, 0.5) is 0 Å². The molecule has 0 aliphatic carbocycles. The summed E-state index contributed by atoms with van der Waals surface area (Å²) in [5.41, 5.74) is 5.31. The molecule has 0 radical (unpaired) electrons. The van der Waals surface area contributed by atoms with Crippen LogP contribution in [0.3, 0.4) is 0 Å². The fourth-order valence-corrected chi connectivity index (χ4v) is 2.81. The molecule has 0 atom stereocenters. The average Bonchev–Trinajstić information content (AvgIpc) is 2.72. The number of nitrogens with zero attached hydrogens (tertiary/aromatic N) is 2. The van der Waals surface area contributed by atoms with E-state index in [0.717, 1.165) is 28.0 Å². The molecule has 1 aromatic heterocycles. The topological polar surface area (TPSA) is 67.8 Å². The van der Waals surface area contributed by atoms with Gasteiger partial charge in [-0.15, -0.1) is 0 Å². The highest BCUT2D eigenvalue weighted by Crippen LogP contribution is 2.23. The van der Waals surface area contributed by atoms with Crippen LogP contribution >= 0.6 is 23.8 Å². The molecule has 0 aliphatic rings. The molecule has 8 heteroatoms. The van der Waals surface area contributed by atoms with E-state index < -0.39 is 0 Å². The third-order valence-electron chi connectivity index (χ3n) is 3.98. The predicted molar refractivity (Wildman–Crippen MR) is 116 cm³/mol. The van der Waals surface area contributed by atoms with Gasteiger partial charge in [-0.05, 0) is 54.2 Å². The number of aromatic nitrogens is 1. The summed E-state index contributed by atoms with van der Waals surface area (Å²) in [6.45, 7) is 0.573. The minimum Gasteiger partial charge on any atom is -0.497 e. The van der Waals surface area contributed by atoms with Crippen molar-refractivity contribution in [2.24, 2.45) is 5.10 Å². The van der Waals surface area contributed by atoms with Crippen LogP contribution in [0.2, 0.25) is 5.15 Å². The molecule has 0 spiro atoms. The zero-order chi connectivity index (χ0) is 19.9. The van der Waals surface area contributed by atoms with Gasteiger partial charge in [-0.3, -0.25) is 5.43 Å². The molecule has 28 heavy (non-hydrogen) atoms. The Bertz CT molecular complexity index is 1010. The highest BCUT2D eigenvalue weighted by Gasteiger charge is 2.05. The molecular formula is C20H19ClN4O2S. The summed E-state index contributed by atoms with van der Waals surface area (Å²) in [4.78, 5) is 4.37. The van der Waals surface area contributed by atoms with Gasteiger partial charge in [0.15, 0.2) is 5.11 Å². The van der Waals surface area contributed by atoms with Gasteiger partial charge in [0.2, 0.25) is 0 Å². The van der Waals surface area contributed by atoms with Crippen LogP contribution in [0.15, 0.2) is 53.6 Å². The second kappa shape index (κ2) is 9.34. The van der Waals surface area contributed by atoms with Gasteiger partial charge in [0.1, 0.15) is 16.7 Å². The van der Waals surface area contributed by atoms with E-state index in [2.05, 4.69) is 20.8 Å². The van der Waals surface area contributed by atoms with Crippen molar-refractivity contribution in [3.05, 3.63) is 64.8 Å². The van der Waals surface area contributed by atoms with E-state index in [1.807, 2.05) is 48.5 Å². The maximum atomic E-state index is 6.24. The van der Waals surface area contributed by atoms with Crippen molar-refractivity contribution in [2.75, 3.05) is 14.2 Å². The number of ether oxygens (including phenoxy) is 2. The Labute approximate surface area is 173 Å². The molecule has 0 fully saturated rings. The fraction of sp³-hybridized carbons (Fsp3) is 0.150. The first-order valence-electron chi connectivity index (χ1n) is 8.43. The van der Waals surface area contributed by atoms with Gasteiger partial charge in [-0.1, -0.05) is 23.7 Å². The lowest BCUT2D eigenvalue weighted by atomic mass is 10.1. The van der Waals surface area contributed by atoms with Gasteiger partial charge in [0, 0.05) is 17.5 Å². The number of rotatable bonds is 6. The molecule has 1 heterocycles.